The van der Waals surface area contributed by atoms with Gasteiger partial charge in [0.1, 0.15) is 6.10 Å². The summed E-state index contributed by atoms with van der Waals surface area (Å²) < 4.78 is 12.5. The number of nitrogens with zero attached hydrogens (tertiary/aromatic N) is 2. The van der Waals surface area contributed by atoms with Crippen molar-refractivity contribution in [1.29, 1.82) is 0 Å². The lowest BCUT2D eigenvalue weighted by molar-refractivity contribution is -0.151. The minimum Gasteiger partial charge on any atom is -0.464 e. The molecule has 0 fully saturated rings. The number of carbonyl (C=O) groups excluding carboxylic acids is 1. The molecule has 0 spiro atoms. The molecular formula is C26H30Cl2N2O3Si. The van der Waals surface area contributed by atoms with Crippen molar-refractivity contribution < 1.29 is 14.0 Å². The molecule has 180 valence electrons. The number of hydrogen-bond acceptors (Lipinski definition) is 5. The highest BCUT2D eigenvalue weighted by molar-refractivity contribution is 6.99. The summed E-state index contributed by atoms with van der Waals surface area (Å²) in [5.41, 5.74) is 1.29. The Morgan fingerprint density at radius 2 is 1.44 bits per heavy atom. The molecular weight excluding hydrogens is 487 g/mol. The zero-order chi connectivity index (χ0) is 24.9. The first-order chi connectivity index (χ1) is 16.1. The van der Waals surface area contributed by atoms with Crippen LogP contribution < -0.4 is 10.4 Å². The van der Waals surface area contributed by atoms with E-state index in [9.17, 15) is 4.79 Å². The van der Waals surface area contributed by atoms with Gasteiger partial charge in [0.25, 0.3) is 8.32 Å². The zero-order valence-corrected chi connectivity index (χ0v) is 22.7. The van der Waals surface area contributed by atoms with Crippen molar-refractivity contribution in [3.63, 3.8) is 0 Å². The van der Waals surface area contributed by atoms with Gasteiger partial charge >= 0.3 is 5.97 Å². The van der Waals surface area contributed by atoms with E-state index in [-0.39, 0.29) is 28.4 Å². The maximum absolute atomic E-state index is 13.3. The Morgan fingerprint density at radius 3 is 1.91 bits per heavy atom. The number of hydrogen-bond donors (Lipinski definition) is 0. The summed E-state index contributed by atoms with van der Waals surface area (Å²) in [5.74, 6) is -0.445. The van der Waals surface area contributed by atoms with E-state index in [1.165, 1.54) is 0 Å². The van der Waals surface area contributed by atoms with Crippen molar-refractivity contribution in [3.8, 4) is 0 Å². The Labute approximate surface area is 212 Å². The van der Waals surface area contributed by atoms with E-state index < -0.39 is 20.4 Å². The van der Waals surface area contributed by atoms with E-state index in [4.69, 9.17) is 32.4 Å². The number of rotatable bonds is 8. The lowest BCUT2D eigenvalue weighted by Gasteiger charge is -2.44. The molecule has 0 radical (unpaired) electrons. The smallest absolute Gasteiger partial charge is 0.334 e. The van der Waals surface area contributed by atoms with Crippen LogP contribution in [-0.2, 0) is 20.4 Å². The summed E-state index contributed by atoms with van der Waals surface area (Å²) in [6.07, 6.45) is -0.744. The maximum Gasteiger partial charge on any atom is 0.334 e. The van der Waals surface area contributed by atoms with Gasteiger partial charge in [-0.25, -0.2) is 4.79 Å². The van der Waals surface area contributed by atoms with E-state index in [1.54, 1.807) is 6.92 Å². The molecule has 1 heterocycles. The minimum atomic E-state index is -3.02. The molecule has 3 rings (SSSR count). The monoisotopic (exact) mass is 516 g/mol. The van der Waals surface area contributed by atoms with E-state index in [2.05, 4.69) is 55.2 Å². The fourth-order valence-corrected chi connectivity index (χ4v) is 9.27. The Balaban J connectivity index is 2.21. The van der Waals surface area contributed by atoms with Gasteiger partial charge in [0.2, 0.25) is 0 Å². The van der Waals surface area contributed by atoms with Crippen molar-refractivity contribution in [1.82, 2.24) is 10.2 Å². The van der Waals surface area contributed by atoms with Gasteiger partial charge in [-0.05, 0) is 34.8 Å². The average Bonchev–Trinajstić information content (AvgIpc) is 2.82. The summed E-state index contributed by atoms with van der Waals surface area (Å²) in [4.78, 5) is 13.3. The van der Waals surface area contributed by atoms with Crippen molar-refractivity contribution in [2.45, 2.75) is 52.2 Å². The summed E-state index contributed by atoms with van der Waals surface area (Å²) in [5, 5.41) is 10.1. The zero-order valence-electron chi connectivity index (χ0n) is 20.1. The van der Waals surface area contributed by atoms with Crippen LogP contribution in [0.15, 0.2) is 60.7 Å². The first kappa shape index (κ1) is 26.4. The summed E-state index contributed by atoms with van der Waals surface area (Å²) in [6.45, 7) is 10.3. The van der Waals surface area contributed by atoms with Crippen molar-refractivity contribution >= 4 is 47.9 Å². The number of aromatic nitrogens is 2. The normalized spacial score (nSPS) is 12.9. The van der Waals surface area contributed by atoms with Crippen LogP contribution in [-0.4, -0.2) is 37.2 Å². The SMILES string of the molecule is CCOC(=O)C(Cc1c(Cl)nnc(Cl)c1C)O[Si](c1ccccc1)(c1ccccc1)C(C)(C)C. The number of esters is 1. The predicted octanol–water partition coefficient (Wildman–Crippen LogP) is 5.14. The van der Waals surface area contributed by atoms with Gasteiger partial charge in [-0.2, -0.15) is 0 Å². The Bertz CT molecular complexity index is 1080. The molecule has 5 nitrogen and oxygen atoms in total. The van der Waals surface area contributed by atoms with Crippen molar-refractivity contribution in [2.75, 3.05) is 6.61 Å². The van der Waals surface area contributed by atoms with Gasteiger partial charge in [-0.3, -0.25) is 0 Å². The minimum absolute atomic E-state index is 0.170. The summed E-state index contributed by atoms with van der Waals surface area (Å²) in [6, 6.07) is 20.3. The predicted molar refractivity (Wildman–Crippen MR) is 140 cm³/mol. The molecule has 8 heteroatoms. The van der Waals surface area contributed by atoms with Crippen molar-refractivity contribution in [3.05, 3.63) is 82.1 Å². The second kappa shape index (κ2) is 11.0. The van der Waals surface area contributed by atoms with E-state index >= 15 is 0 Å². The Morgan fingerprint density at radius 1 is 0.941 bits per heavy atom. The number of benzene rings is 2. The lowest BCUT2D eigenvalue weighted by atomic mass is 10.1. The van der Waals surface area contributed by atoms with Gasteiger partial charge in [0.05, 0.1) is 6.61 Å². The maximum atomic E-state index is 13.3. The molecule has 0 saturated heterocycles. The molecule has 1 aromatic heterocycles. The molecule has 0 aliphatic rings. The average molecular weight is 518 g/mol. The Kier molecular flexibility index (Phi) is 8.52. The van der Waals surface area contributed by atoms with Crippen LogP contribution in [0.25, 0.3) is 0 Å². The highest BCUT2D eigenvalue weighted by Crippen LogP contribution is 2.38. The summed E-state index contributed by atoms with van der Waals surface area (Å²) in [7, 11) is -3.02. The van der Waals surface area contributed by atoms with Gasteiger partial charge in [0, 0.05) is 12.0 Å². The van der Waals surface area contributed by atoms with Gasteiger partial charge in [-0.15, -0.1) is 10.2 Å². The van der Waals surface area contributed by atoms with E-state index in [0.29, 0.717) is 11.1 Å². The first-order valence-electron chi connectivity index (χ1n) is 11.2. The quantitative estimate of drug-likeness (QED) is 0.306. The molecule has 1 atom stereocenters. The molecule has 0 amide bonds. The van der Waals surface area contributed by atoms with Crippen LogP contribution in [0.4, 0.5) is 0 Å². The van der Waals surface area contributed by atoms with Crippen LogP contribution in [0.3, 0.4) is 0 Å². The van der Waals surface area contributed by atoms with Gasteiger partial charge in [-0.1, -0.05) is 105 Å². The Hall–Kier alpha value is -2.25. The molecule has 3 aromatic rings. The van der Waals surface area contributed by atoms with E-state index in [0.717, 1.165) is 10.4 Å². The number of halogens is 2. The fraction of sp³-hybridized carbons (Fsp3) is 0.346. The second-order valence-corrected chi connectivity index (χ2v) is 14.1. The fourth-order valence-electron chi connectivity index (χ4n) is 4.24. The number of carbonyl (C=O) groups is 1. The highest BCUT2D eigenvalue weighted by Gasteiger charge is 2.52. The van der Waals surface area contributed by atoms with Crippen LogP contribution in [0, 0.1) is 6.92 Å². The first-order valence-corrected chi connectivity index (χ1v) is 13.9. The van der Waals surface area contributed by atoms with Crippen LogP contribution in [0.5, 0.6) is 0 Å². The largest absolute Gasteiger partial charge is 0.464 e. The van der Waals surface area contributed by atoms with Crippen LogP contribution >= 0.6 is 23.2 Å². The summed E-state index contributed by atoms with van der Waals surface area (Å²) >= 11 is 12.6. The third-order valence-electron chi connectivity index (χ3n) is 5.91. The molecule has 0 N–H and O–H groups in total. The topological polar surface area (TPSA) is 61.3 Å². The van der Waals surface area contributed by atoms with Crippen LogP contribution in [0.2, 0.25) is 15.3 Å². The van der Waals surface area contributed by atoms with Crippen LogP contribution in [0.1, 0.15) is 38.8 Å². The standard InChI is InChI=1S/C26H30Cl2N2O3Si/c1-6-32-25(31)22(17-21-18(2)23(27)29-30-24(21)28)33-34(26(3,4)5,19-13-9-7-10-14-19)20-15-11-8-12-16-20/h7-16,22H,6,17H2,1-5H3. The van der Waals surface area contributed by atoms with Gasteiger partial charge in [0.15, 0.2) is 10.3 Å². The molecule has 0 saturated carbocycles. The highest BCUT2D eigenvalue weighted by atomic mass is 35.5. The number of ether oxygens (including phenoxy) is 1. The second-order valence-electron chi connectivity index (χ2n) is 9.11. The van der Waals surface area contributed by atoms with Gasteiger partial charge < -0.3 is 9.16 Å². The van der Waals surface area contributed by atoms with E-state index in [1.807, 2.05) is 43.3 Å². The third kappa shape index (κ3) is 5.36. The lowest BCUT2D eigenvalue weighted by Crippen LogP contribution is -2.68. The third-order valence-corrected chi connectivity index (χ3v) is 11.6. The molecule has 0 bridgehead atoms. The molecule has 0 aliphatic carbocycles. The molecule has 34 heavy (non-hydrogen) atoms. The van der Waals surface area contributed by atoms with Crippen molar-refractivity contribution in [2.24, 2.45) is 0 Å². The molecule has 1 unspecified atom stereocenters. The molecule has 2 aromatic carbocycles. The molecule has 0 aliphatic heterocycles.